The summed E-state index contributed by atoms with van der Waals surface area (Å²) in [5.74, 6) is 0.589. The van der Waals surface area contributed by atoms with Gasteiger partial charge in [0.25, 0.3) is 0 Å². The van der Waals surface area contributed by atoms with Crippen molar-refractivity contribution in [1.82, 2.24) is 14.5 Å². The van der Waals surface area contributed by atoms with Crippen molar-refractivity contribution in [3.63, 3.8) is 0 Å². The molecular formula is C14H12N3O. The zero-order valence-electron chi connectivity index (χ0n) is 10.00. The van der Waals surface area contributed by atoms with Gasteiger partial charge in [0.15, 0.2) is 12.0 Å². The summed E-state index contributed by atoms with van der Waals surface area (Å²) in [6, 6.07) is 13.9. The lowest BCUT2D eigenvalue weighted by molar-refractivity contribution is 0.399. The van der Waals surface area contributed by atoms with E-state index in [2.05, 4.69) is 28.4 Å². The van der Waals surface area contributed by atoms with E-state index in [1.807, 2.05) is 28.8 Å². The number of ether oxygens (including phenoxy) is 1. The zero-order valence-corrected chi connectivity index (χ0v) is 10.00. The molecule has 1 radical (unpaired) electrons. The highest BCUT2D eigenvalue weighted by atomic mass is 16.5. The molecule has 2 aromatic heterocycles. The van der Waals surface area contributed by atoms with Gasteiger partial charge in [0.05, 0.1) is 13.7 Å². The van der Waals surface area contributed by atoms with Gasteiger partial charge >= 0.3 is 0 Å². The molecule has 0 bridgehead atoms. The summed E-state index contributed by atoms with van der Waals surface area (Å²) in [6.45, 7) is 0.706. The lowest BCUT2D eigenvalue weighted by atomic mass is 10.2. The molecular weight excluding hydrogens is 226 g/mol. The summed E-state index contributed by atoms with van der Waals surface area (Å²) in [5.41, 5.74) is 2.81. The van der Waals surface area contributed by atoms with Gasteiger partial charge in [-0.05, 0) is 11.6 Å². The SMILES string of the molecule is COc1ccc2n[c]n(Cc3ccccc3)c2n1. The first-order valence-electron chi connectivity index (χ1n) is 5.70. The van der Waals surface area contributed by atoms with Crippen molar-refractivity contribution >= 4 is 11.2 Å². The Labute approximate surface area is 105 Å². The average molecular weight is 238 g/mol. The molecule has 4 heteroatoms. The van der Waals surface area contributed by atoms with Crippen LogP contribution in [0.1, 0.15) is 5.56 Å². The highest BCUT2D eigenvalue weighted by Gasteiger charge is 2.06. The van der Waals surface area contributed by atoms with E-state index in [1.54, 1.807) is 13.2 Å². The lowest BCUT2D eigenvalue weighted by Gasteiger charge is -2.04. The van der Waals surface area contributed by atoms with Crippen molar-refractivity contribution in [3.8, 4) is 5.88 Å². The Balaban J connectivity index is 2.01. The third-order valence-corrected chi connectivity index (χ3v) is 2.77. The molecule has 0 aliphatic rings. The molecule has 4 nitrogen and oxygen atoms in total. The van der Waals surface area contributed by atoms with E-state index in [1.165, 1.54) is 5.56 Å². The number of pyridine rings is 1. The van der Waals surface area contributed by atoms with Crippen LogP contribution in [-0.4, -0.2) is 21.6 Å². The molecule has 2 heterocycles. The Kier molecular flexibility index (Phi) is 2.68. The second-order valence-electron chi connectivity index (χ2n) is 3.98. The molecule has 0 spiro atoms. The molecule has 0 amide bonds. The van der Waals surface area contributed by atoms with Crippen LogP contribution >= 0.6 is 0 Å². The molecule has 89 valence electrons. The van der Waals surface area contributed by atoms with Gasteiger partial charge < -0.3 is 9.30 Å². The summed E-state index contributed by atoms with van der Waals surface area (Å²) in [4.78, 5) is 8.61. The minimum absolute atomic E-state index is 0.589. The number of fused-ring (bicyclic) bond motifs is 1. The molecule has 0 aliphatic heterocycles. The quantitative estimate of drug-likeness (QED) is 0.702. The fraction of sp³-hybridized carbons (Fsp3) is 0.143. The molecule has 0 fully saturated rings. The fourth-order valence-electron chi connectivity index (χ4n) is 1.86. The first kappa shape index (κ1) is 10.8. The minimum atomic E-state index is 0.589. The maximum absolute atomic E-state index is 5.13. The fourth-order valence-corrected chi connectivity index (χ4v) is 1.86. The highest BCUT2D eigenvalue weighted by Crippen LogP contribution is 2.16. The standard InChI is InChI=1S/C14H12N3O/c1-18-13-8-7-12-14(16-13)17(10-15-12)9-11-5-3-2-4-6-11/h2-8H,9H2,1H3. The summed E-state index contributed by atoms with van der Waals surface area (Å²) in [7, 11) is 1.61. The number of benzene rings is 1. The lowest BCUT2D eigenvalue weighted by Crippen LogP contribution is -2.00. The van der Waals surface area contributed by atoms with Gasteiger partial charge in [-0.25, -0.2) is 4.98 Å². The van der Waals surface area contributed by atoms with Gasteiger partial charge in [-0.1, -0.05) is 30.3 Å². The van der Waals surface area contributed by atoms with E-state index >= 15 is 0 Å². The first-order chi connectivity index (χ1) is 8.86. The van der Waals surface area contributed by atoms with Crippen LogP contribution in [0, 0.1) is 6.33 Å². The largest absolute Gasteiger partial charge is 0.481 e. The van der Waals surface area contributed by atoms with Crippen LogP contribution in [0.5, 0.6) is 5.88 Å². The van der Waals surface area contributed by atoms with Gasteiger partial charge in [0, 0.05) is 6.07 Å². The maximum atomic E-state index is 5.13. The number of nitrogens with zero attached hydrogens (tertiary/aromatic N) is 3. The van der Waals surface area contributed by atoms with Gasteiger partial charge in [0.2, 0.25) is 5.88 Å². The van der Waals surface area contributed by atoms with Crippen LogP contribution in [0.25, 0.3) is 11.2 Å². The van der Waals surface area contributed by atoms with Crippen LogP contribution in [0.15, 0.2) is 42.5 Å². The third-order valence-electron chi connectivity index (χ3n) is 2.77. The molecule has 18 heavy (non-hydrogen) atoms. The van der Waals surface area contributed by atoms with Crippen LogP contribution in [0.2, 0.25) is 0 Å². The van der Waals surface area contributed by atoms with Crippen LogP contribution in [0.3, 0.4) is 0 Å². The topological polar surface area (TPSA) is 39.9 Å². The summed E-state index contributed by atoms with van der Waals surface area (Å²) < 4.78 is 7.03. The van der Waals surface area contributed by atoms with Crippen LogP contribution < -0.4 is 4.74 Å². The predicted octanol–water partition coefficient (Wildman–Crippen LogP) is 2.29. The first-order valence-corrected chi connectivity index (χ1v) is 5.70. The smallest absolute Gasteiger partial charge is 0.215 e. The minimum Gasteiger partial charge on any atom is -0.481 e. The van der Waals surface area contributed by atoms with E-state index in [0.717, 1.165) is 11.2 Å². The summed E-state index contributed by atoms with van der Waals surface area (Å²) >= 11 is 0. The summed E-state index contributed by atoms with van der Waals surface area (Å²) in [5, 5.41) is 0. The molecule has 3 aromatic rings. The van der Waals surface area contributed by atoms with Crippen molar-refractivity contribution in [2.45, 2.75) is 6.54 Å². The molecule has 0 saturated carbocycles. The third kappa shape index (κ3) is 1.93. The predicted molar refractivity (Wildman–Crippen MR) is 68.5 cm³/mol. The zero-order chi connectivity index (χ0) is 12.4. The highest BCUT2D eigenvalue weighted by molar-refractivity contribution is 5.71. The summed E-state index contributed by atoms with van der Waals surface area (Å²) in [6.07, 6.45) is 2.96. The molecule has 0 atom stereocenters. The Hall–Kier alpha value is -2.36. The van der Waals surface area contributed by atoms with Gasteiger partial charge in [-0.3, -0.25) is 0 Å². The Morgan fingerprint density at radius 3 is 2.78 bits per heavy atom. The number of methoxy groups -OCH3 is 1. The van der Waals surface area contributed by atoms with Crippen molar-refractivity contribution in [1.29, 1.82) is 0 Å². The number of hydrogen-bond acceptors (Lipinski definition) is 3. The van der Waals surface area contributed by atoms with Crippen molar-refractivity contribution in [2.75, 3.05) is 7.11 Å². The normalized spacial score (nSPS) is 10.7. The maximum Gasteiger partial charge on any atom is 0.215 e. The van der Waals surface area contributed by atoms with Gasteiger partial charge in [-0.2, -0.15) is 4.98 Å². The number of imidazole rings is 1. The van der Waals surface area contributed by atoms with Gasteiger partial charge in [0.1, 0.15) is 5.52 Å². The van der Waals surface area contributed by atoms with Crippen molar-refractivity contribution in [3.05, 3.63) is 54.4 Å². The molecule has 0 aliphatic carbocycles. The molecule has 3 rings (SSSR count). The second-order valence-corrected chi connectivity index (χ2v) is 3.98. The Bertz CT molecular complexity index is 661. The number of rotatable bonds is 3. The van der Waals surface area contributed by atoms with E-state index in [4.69, 9.17) is 4.74 Å². The Morgan fingerprint density at radius 1 is 1.17 bits per heavy atom. The monoisotopic (exact) mass is 238 g/mol. The van der Waals surface area contributed by atoms with Crippen LogP contribution in [0.4, 0.5) is 0 Å². The van der Waals surface area contributed by atoms with E-state index in [0.29, 0.717) is 12.4 Å². The van der Waals surface area contributed by atoms with Gasteiger partial charge in [-0.15, -0.1) is 0 Å². The van der Waals surface area contributed by atoms with E-state index in [-0.39, 0.29) is 0 Å². The molecule has 1 aromatic carbocycles. The molecule has 0 unspecified atom stereocenters. The number of hydrogen-bond donors (Lipinski definition) is 0. The molecule has 0 saturated heterocycles. The average Bonchev–Trinajstić information content (AvgIpc) is 2.82. The Morgan fingerprint density at radius 2 is 2.00 bits per heavy atom. The molecule has 0 N–H and O–H groups in total. The van der Waals surface area contributed by atoms with Crippen molar-refractivity contribution < 1.29 is 4.74 Å². The van der Waals surface area contributed by atoms with E-state index < -0.39 is 0 Å². The van der Waals surface area contributed by atoms with Crippen molar-refractivity contribution in [2.24, 2.45) is 0 Å². The van der Waals surface area contributed by atoms with E-state index in [9.17, 15) is 0 Å². The van der Waals surface area contributed by atoms with Crippen LogP contribution in [-0.2, 0) is 6.54 Å². The number of aromatic nitrogens is 3. The second kappa shape index (κ2) is 4.49.